The molecule has 2 amide bonds. The first-order valence-corrected chi connectivity index (χ1v) is 19.4. The Morgan fingerprint density at radius 2 is 1.10 bits per heavy atom. The maximum absolute atomic E-state index is 14.5. The Labute approximate surface area is 334 Å². The second-order valence-electron chi connectivity index (χ2n) is 15.3. The number of hydrogen-bond donors (Lipinski definition) is 4. The minimum atomic E-state index is -1.41. The van der Waals surface area contributed by atoms with Crippen LogP contribution in [0.25, 0.3) is 22.1 Å². The maximum atomic E-state index is 14.5. The highest BCUT2D eigenvalue weighted by Crippen LogP contribution is 2.31. The van der Waals surface area contributed by atoms with Crippen LogP contribution < -0.4 is 31.1 Å². The predicted octanol–water partition coefficient (Wildman–Crippen LogP) is 1.83. The number of nitriles is 2. The normalized spacial score (nSPS) is 27.0. The third kappa shape index (κ3) is 9.05. The Bertz CT molecular complexity index is 2070. The number of nitrogens with one attached hydrogen (secondary N) is 4. The van der Waals surface area contributed by atoms with Gasteiger partial charge in [0.25, 0.3) is 11.8 Å². The van der Waals surface area contributed by atoms with Crippen molar-refractivity contribution in [1.82, 2.24) is 41.2 Å². The molecule has 304 valence electrons. The molecule has 0 saturated carbocycles. The lowest BCUT2D eigenvalue weighted by Crippen LogP contribution is -2.54. The maximum Gasteiger partial charge on any atom is 0.251 e. The number of halogens is 2. The molecule has 0 spiro atoms. The van der Waals surface area contributed by atoms with Gasteiger partial charge in [-0.2, -0.15) is 10.5 Å². The van der Waals surface area contributed by atoms with Gasteiger partial charge in [0.05, 0.1) is 60.9 Å². The van der Waals surface area contributed by atoms with Gasteiger partial charge in [0.1, 0.15) is 45.5 Å². The zero-order valence-corrected chi connectivity index (χ0v) is 32.4. The van der Waals surface area contributed by atoms with Crippen LogP contribution in [0.5, 0.6) is 0 Å². The van der Waals surface area contributed by atoms with Crippen LogP contribution in [0.3, 0.4) is 0 Å². The van der Waals surface area contributed by atoms with E-state index in [0.29, 0.717) is 85.3 Å². The van der Waals surface area contributed by atoms with Gasteiger partial charge in [-0.1, -0.05) is 0 Å². The molecule has 16 nitrogen and oxygen atoms in total. The number of benzene rings is 2. The number of ether oxygens (including phenoxy) is 2. The van der Waals surface area contributed by atoms with Crippen molar-refractivity contribution in [3.8, 4) is 12.1 Å². The number of alkyl halides is 2. The molecule has 4 N–H and O–H groups in total. The predicted molar refractivity (Wildman–Crippen MR) is 210 cm³/mol. The van der Waals surface area contributed by atoms with E-state index in [1.165, 1.54) is 0 Å². The first kappa shape index (κ1) is 40.5. The van der Waals surface area contributed by atoms with Crippen molar-refractivity contribution in [2.24, 2.45) is 0 Å². The number of morpholine rings is 2. The fraction of sp³-hybridized carbons (Fsp3) is 0.500. The second kappa shape index (κ2) is 17.5. The quantitative estimate of drug-likeness (QED) is 0.201. The third-order valence-corrected chi connectivity index (χ3v) is 10.8. The van der Waals surface area contributed by atoms with Crippen LogP contribution in [0, 0.1) is 22.7 Å². The summed E-state index contributed by atoms with van der Waals surface area (Å²) in [5.74, 6) is -0.649. The van der Waals surface area contributed by atoms with Gasteiger partial charge in [-0.15, -0.1) is 0 Å². The van der Waals surface area contributed by atoms with E-state index in [-0.39, 0.29) is 50.2 Å². The van der Waals surface area contributed by atoms with E-state index < -0.39 is 23.5 Å². The molecule has 2 aromatic heterocycles. The third-order valence-electron chi connectivity index (χ3n) is 10.8. The number of carbonyl (C=O) groups excluding carboxylic acids is 2. The van der Waals surface area contributed by atoms with E-state index in [2.05, 4.69) is 53.3 Å². The summed E-state index contributed by atoms with van der Waals surface area (Å²) in [6, 6.07) is 11.3. The van der Waals surface area contributed by atoms with Crippen molar-refractivity contribution < 1.29 is 27.8 Å². The average Bonchev–Trinajstić information content (AvgIpc) is 3.89. The summed E-state index contributed by atoms with van der Waals surface area (Å²) < 4.78 is 40.7. The van der Waals surface area contributed by atoms with Gasteiger partial charge in [0.15, 0.2) is 12.2 Å². The van der Waals surface area contributed by atoms with Crippen LogP contribution in [-0.4, -0.2) is 133 Å². The number of anilines is 2. The first-order chi connectivity index (χ1) is 28.0. The van der Waals surface area contributed by atoms with Crippen molar-refractivity contribution in [2.75, 3.05) is 75.2 Å². The number of hydrogen-bond acceptors (Lipinski definition) is 14. The number of rotatable bonds is 8. The van der Waals surface area contributed by atoms with E-state index in [4.69, 9.17) is 9.47 Å². The Morgan fingerprint density at radius 3 is 1.47 bits per heavy atom. The van der Waals surface area contributed by atoms with E-state index in [1.807, 2.05) is 35.8 Å². The van der Waals surface area contributed by atoms with Crippen molar-refractivity contribution in [2.45, 2.75) is 62.4 Å². The molecule has 4 saturated heterocycles. The molecule has 58 heavy (non-hydrogen) atoms. The zero-order chi connectivity index (χ0) is 40.9. The molecule has 6 atom stereocenters. The fourth-order valence-electron chi connectivity index (χ4n) is 7.81. The summed E-state index contributed by atoms with van der Waals surface area (Å²) in [5.41, 5.74) is 1.95. The summed E-state index contributed by atoms with van der Waals surface area (Å²) in [6.45, 7) is 7.20. The topological polar surface area (TPSA) is 206 Å². The van der Waals surface area contributed by atoms with Gasteiger partial charge < -0.3 is 40.5 Å². The average molecular weight is 797 g/mol. The molecule has 6 heterocycles. The van der Waals surface area contributed by atoms with E-state index in [0.717, 1.165) is 11.4 Å². The Morgan fingerprint density at radius 1 is 0.707 bits per heavy atom. The lowest BCUT2D eigenvalue weighted by molar-refractivity contribution is -0.138. The van der Waals surface area contributed by atoms with Crippen LogP contribution in [0.15, 0.2) is 49.1 Å². The number of fused-ring (bicyclic) bond motifs is 2. The van der Waals surface area contributed by atoms with Gasteiger partial charge >= 0.3 is 0 Å². The molecule has 8 rings (SSSR count). The molecule has 0 bridgehead atoms. The largest absolute Gasteiger partial charge is 0.364 e. The van der Waals surface area contributed by atoms with Crippen LogP contribution in [-0.2, 0) is 19.1 Å². The summed E-state index contributed by atoms with van der Waals surface area (Å²) in [6.07, 6.45) is 5.19. The van der Waals surface area contributed by atoms with Crippen molar-refractivity contribution >= 4 is 45.3 Å². The summed E-state index contributed by atoms with van der Waals surface area (Å²) >= 11 is 0. The van der Waals surface area contributed by atoms with Crippen LogP contribution in [0.2, 0.25) is 0 Å². The number of aromatic nitrogens is 4. The number of amides is 2. The molecule has 4 aromatic rings. The molecule has 0 aliphatic carbocycles. The van der Waals surface area contributed by atoms with Crippen LogP contribution >= 0.6 is 0 Å². The molecule has 18 heteroatoms. The van der Waals surface area contributed by atoms with Crippen molar-refractivity contribution in [3.63, 3.8) is 0 Å². The molecule has 4 aliphatic rings. The first-order valence-electron chi connectivity index (χ1n) is 19.4. The van der Waals surface area contributed by atoms with Gasteiger partial charge in [-0.25, -0.2) is 8.78 Å². The monoisotopic (exact) mass is 796 g/mol. The number of nitrogens with zero attached hydrogens (tertiary/aromatic N) is 8. The molecule has 0 radical (unpaired) electrons. The van der Waals surface area contributed by atoms with Gasteiger partial charge in [-0.05, 0) is 64.0 Å². The van der Waals surface area contributed by atoms with Gasteiger partial charge in [-0.3, -0.25) is 29.5 Å². The minimum absolute atomic E-state index is 0.0294. The smallest absolute Gasteiger partial charge is 0.251 e. The standard InChI is InChI=1S/2C20H23FN6O2/c2*1-13-9-27(15-3-2-14(8-22)17-18(15)25-7-6-24-17)10-16(29-13)19(28)26-12-20(21)4-5-23-11-20/h2*2-3,6-7,13,16,23H,4-5,9-12H2,1H3,(H,26,28)/t2*13?,16?,20-/m00/s1. The molecular formula is C40H46F2N12O4. The summed E-state index contributed by atoms with van der Waals surface area (Å²) in [7, 11) is 0. The molecule has 2 aromatic carbocycles. The summed E-state index contributed by atoms with van der Waals surface area (Å²) in [4.78, 5) is 46.7. The second-order valence-corrected chi connectivity index (χ2v) is 15.3. The van der Waals surface area contributed by atoms with Crippen molar-refractivity contribution in [1.29, 1.82) is 10.5 Å². The Balaban J connectivity index is 0.000000177. The van der Waals surface area contributed by atoms with E-state index >= 15 is 0 Å². The fourth-order valence-corrected chi connectivity index (χ4v) is 7.81. The van der Waals surface area contributed by atoms with Crippen LogP contribution in [0.1, 0.15) is 37.8 Å². The van der Waals surface area contributed by atoms with Gasteiger partial charge in [0, 0.05) is 51.0 Å². The molecular weight excluding hydrogens is 751 g/mol. The Hall–Kier alpha value is -5.66. The molecule has 4 fully saturated rings. The lowest BCUT2D eigenvalue weighted by atomic mass is 10.1. The highest BCUT2D eigenvalue weighted by Gasteiger charge is 2.38. The van der Waals surface area contributed by atoms with E-state index in [9.17, 15) is 28.9 Å². The highest BCUT2D eigenvalue weighted by atomic mass is 19.1. The molecule has 4 aliphatic heterocycles. The number of carbonyl (C=O) groups is 2. The highest BCUT2D eigenvalue weighted by molar-refractivity contribution is 5.93. The zero-order valence-electron chi connectivity index (χ0n) is 32.4. The van der Waals surface area contributed by atoms with Gasteiger partial charge in [0.2, 0.25) is 0 Å². The van der Waals surface area contributed by atoms with Crippen molar-refractivity contribution in [3.05, 3.63) is 60.2 Å². The summed E-state index contributed by atoms with van der Waals surface area (Å²) in [5, 5.41) is 30.0. The van der Waals surface area contributed by atoms with E-state index in [1.54, 1.807) is 36.9 Å². The molecule has 4 unspecified atom stereocenters. The minimum Gasteiger partial charge on any atom is -0.364 e. The SMILES string of the molecule is CC1CN(c2ccc(C#N)c3nccnc23)CC(C(=O)NC[C@]2(F)CCNC2)O1.CC1CN(c2ccc(C#N)c3nccnc23)CC(C(=O)NC[C@]2(F)CCNC2)O1. The van der Waals surface area contributed by atoms with Crippen LogP contribution in [0.4, 0.5) is 20.2 Å². The lowest BCUT2D eigenvalue weighted by Gasteiger charge is -2.38. The Kier molecular flexibility index (Phi) is 12.2.